The number of quaternary nitrogens is 1. The fraction of sp³-hybridized carbons (Fsp3) is 1.00. The second-order valence-electron chi connectivity index (χ2n) is 7.13. The van der Waals surface area contributed by atoms with Gasteiger partial charge in [0.15, 0.2) is 0 Å². The number of nitrogens with zero attached hydrogens (tertiary/aromatic N) is 1. The van der Waals surface area contributed by atoms with Crippen molar-refractivity contribution in [3.8, 4) is 0 Å². The van der Waals surface area contributed by atoms with Gasteiger partial charge in [-0.2, -0.15) is 0 Å². The van der Waals surface area contributed by atoms with Gasteiger partial charge in [0.25, 0.3) is 0 Å². The Morgan fingerprint density at radius 2 is 1.05 bits per heavy atom. The smallest absolute Gasteiger partial charge is 0.0788 e. The van der Waals surface area contributed by atoms with Crippen LogP contribution in [0.3, 0.4) is 0 Å². The number of likely N-dealkylation sites (tertiary alicyclic amines) is 1. The second kappa shape index (κ2) is 11.6. The molecular weight excluding hydrogens is 242 g/mol. The van der Waals surface area contributed by atoms with E-state index in [-0.39, 0.29) is 0 Å². The van der Waals surface area contributed by atoms with Gasteiger partial charge < -0.3 is 4.48 Å². The fourth-order valence-corrected chi connectivity index (χ4v) is 3.97. The summed E-state index contributed by atoms with van der Waals surface area (Å²) in [7, 11) is 0. The first-order chi connectivity index (χ1) is 9.83. The largest absolute Gasteiger partial charge is 0.324 e. The van der Waals surface area contributed by atoms with Gasteiger partial charge in [-0.05, 0) is 19.3 Å². The maximum absolute atomic E-state index is 2.36. The zero-order valence-corrected chi connectivity index (χ0v) is 14.5. The number of unbranched alkanes of at least 4 members (excludes halogenated alkanes) is 9. The molecule has 1 aliphatic rings. The van der Waals surface area contributed by atoms with Gasteiger partial charge in [0.1, 0.15) is 0 Å². The molecule has 0 saturated carbocycles. The minimum absolute atomic E-state index is 1.37. The van der Waals surface area contributed by atoms with Crippen LogP contribution >= 0.6 is 0 Å². The molecule has 120 valence electrons. The van der Waals surface area contributed by atoms with Crippen LogP contribution in [0.1, 0.15) is 97.3 Å². The maximum atomic E-state index is 2.36. The molecular formula is C19H40N+. The molecule has 1 heteroatoms. The van der Waals surface area contributed by atoms with Crippen LogP contribution in [0.2, 0.25) is 0 Å². The van der Waals surface area contributed by atoms with Crippen molar-refractivity contribution in [1.29, 1.82) is 0 Å². The molecule has 0 amide bonds. The van der Waals surface area contributed by atoms with Crippen LogP contribution in [-0.2, 0) is 0 Å². The molecule has 0 aromatic rings. The molecule has 0 atom stereocenters. The van der Waals surface area contributed by atoms with Crippen molar-refractivity contribution < 1.29 is 4.48 Å². The van der Waals surface area contributed by atoms with Gasteiger partial charge in [-0.1, -0.05) is 65.2 Å². The van der Waals surface area contributed by atoms with E-state index in [0.29, 0.717) is 0 Å². The highest BCUT2D eigenvalue weighted by Gasteiger charge is 2.29. The quantitative estimate of drug-likeness (QED) is 0.290. The Hall–Kier alpha value is -0.0400. The Kier molecular flexibility index (Phi) is 10.4. The molecule has 1 heterocycles. The first-order valence-electron chi connectivity index (χ1n) is 9.68. The molecule has 0 unspecified atom stereocenters. The van der Waals surface area contributed by atoms with Crippen molar-refractivity contribution in [3.05, 3.63) is 0 Å². The summed E-state index contributed by atoms with van der Waals surface area (Å²) in [5, 5.41) is 0. The van der Waals surface area contributed by atoms with E-state index < -0.39 is 0 Å². The fourth-order valence-electron chi connectivity index (χ4n) is 3.97. The number of rotatable bonds is 13. The average Bonchev–Trinajstić information content (AvgIpc) is 2.90. The predicted molar refractivity (Wildman–Crippen MR) is 91.1 cm³/mol. The summed E-state index contributed by atoms with van der Waals surface area (Å²) in [6, 6.07) is 0. The van der Waals surface area contributed by atoms with Crippen LogP contribution in [0, 0.1) is 0 Å². The van der Waals surface area contributed by atoms with Gasteiger partial charge in [-0.25, -0.2) is 0 Å². The van der Waals surface area contributed by atoms with Crippen molar-refractivity contribution in [2.45, 2.75) is 97.3 Å². The van der Waals surface area contributed by atoms with Gasteiger partial charge in [-0.15, -0.1) is 0 Å². The van der Waals surface area contributed by atoms with Crippen molar-refractivity contribution in [3.63, 3.8) is 0 Å². The lowest BCUT2D eigenvalue weighted by Crippen LogP contribution is -2.46. The van der Waals surface area contributed by atoms with E-state index in [1.165, 1.54) is 114 Å². The summed E-state index contributed by atoms with van der Waals surface area (Å²) in [5.74, 6) is 0. The van der Waals surface area contributed by atoms with Crippen LogP contribution < -0.4 is 0 Å². The van der Waals surface area contributed by atoms with Gasteiger partial charge in [-0.3, -0.25) is 0 Å². The van der Waals surface area contributed by atoms with Crippen molar-refractivity contribution in [2.24, 2.45) is 0 Å². The monoisotopic (exact) mass is 282 g/mol. The third kappa shape index (κ3) is 7.67. The Balaban J connectivity index is 1.91. The highest BCUT2D eigenvalue weighted by molar-refractivity contribution is 4.56. The zero-order valence-electron chi connectivity index (χ0n) is 14.5. The molecule has 1 fully saturated rings. The van der Waals surface area contributed by atoms with E-state index in [1.54, 1.807) is 0 Å². The maximum Gasteiger partial charge on any atom is 0.0788 e. The average molecular weight is 283 g/mol. The third-order valence-electron chi connectivity index (χ3n) is 5.20. The molecule has 1 rings (SSSR count). The van der Waals surface area contributed by atoms with Crippen molar-refractivity contribution >= 4 is 0 Å². The summed E-state index contributed by atoms with van der Waals surface area (Å²) >= 11 is 0. The normalized spacial score (nSPS) is 17.7. The highest BCUT2D eigenvalue weighted by Crippen LogP contribution is 2.21. The summed E-state index contributed by atoms with van der Waals surface area (Å²) in [6.45, 7) is 10.5. The molecule has 0 N–H and O–H groups in total. The lowest BCUT2D eigenvalue weighted by atomic mass is 10.1. The molecule has 0 bridgehead atoms. The summed E-state index contributed by atoms with van der Waals surface area (Å²) in [5.41, 5.74) is 0. The summed E-state index contributed by atoms with van der Waals surface area (Å²) < 4.78 is 1.47. The van der Waals surface area contributed by atoms with E-state index >= 15 is 0 Å². The minimum atomic E-state index is 1.37. The van der Waals surface area contributed by atoms with Gasteiger partial charge in [0.2, 0.25) is 0 Å². The summed E-state index contributed by atoms with van der Waals surface area (Å²) in [4.78, 5) is 0. The van der Waals surface area contributed by atoms with E-state index in [9.17, 15) is 0 Å². The molecule has 0 aliphatic carbocycles. The van der Waals surface area contributed by atoms with Gasteiger partial charge >= 0.3 is 0 Å². The van der Waals surface area contributed by atoms with Crippen LogP contribution in [0.25, 0.3) is 0 Å². The lowest BCUT2D eigenvalue weighted by molar-refractivity contribution is -0.917. The number of hydrogen-bond donors (Lipinski definition) is 0. The highest BCUT2D eigenvalue weighted by atomic mass is 15.4. The van der Waals surface area contributed by atoms with Gasteiger partial charge in [0, 0.05) is 12.8 Å². The second-order valence-corrected chi connectivity index (χ2v) is 7.13. The standard InChI is InChI=1S/C19H40N/c1-3-5-6-7-8-9-10-11-12-13-17-20(16-4-2)18-14-15-19-20/h3-19H2,1-2H3/q+1. The van der Waals surface area contributed by atoms with Crippen LogP contribution in [-0.4, -0.2) is 30.7 Å². The first kappa shape index (κ1) is 18.0. The van der Waals surface area contributed by atoms with Gasteiger partial charge in [0.05, 0.1) is 26.2 Å². The lowest BCUT2D eigenvalue weighted by Gasteiger charge is -2.34. The van der Waals surface area contributed by atoms with Crippen LogP contribution in [0.5, 0.6) is 0 Å². The molecule has 0 aromatic heterocycles. The molecule has 0 radical (unpaired) electrons. The van der Waals surface area contributed by atoms with Crippen molar-refractivity contribution in [2.75, 3.05) is 26.2 Å². The molecule has 20 heavy (non-hydrogen) atoms. The zero-order chi connectivity index (χ0) is 14.5. The van der Waals surface area contributed by atoms with Crippen LogP contribution in [0.15, 0.2) is 0 Å². The predicted octanol–water partition coefficient (Wildman–Crippen LogP) is 5.93. The topological polar surface area (TPSA) is 0 Å². The minimum Gasteiger partial charge on any atom is -0.324 e. The van der Waals surface area contributed by atoms with E-state index in [2.05, 4.69) is 13.8 Å². The third-order valence-corrected chi connectivity index (χ3v) is 5.20. The molecule has 0 aromatic carbocycles. The number of hydrogen-bond acceptors (Lipinski definition) is 0. The van der Waals surface area contributed by atoms with E-state index in [4.69, 9.17) is 0 Å². The molecule has 1 saturated heterocycles. The SMILES string of the molecule is CCCCCCCCCCCC[N+]1(CCC)CCCC1. The Morgan fingerprint density at radius 3 is 1.55 bits per heavy atom. The van der Waals surface area contributed by atoms with Crippen molar-refractivity contribution in [1.82, 2.24) is 0 Å². The molecule has 1 nitrogen and oxygen atoms in total. The molecule has 0 spiro atoms. The summed E-state index contributed by atoms with van der Waals surface area (Å²) in [6.07, 6.45) is 19.0. The van der Waals surface area contributed by atoms with E-state index in [1.807, 2.05) is 0 Å². The Labute approximate surface area is 128 Å². The Bertz CT molecular complexity index is 206. The molecule has 1 aliphatic heterocycles. The van der Waals surface area contributed by atoms with E-state index in [0.717, 1.165) is 0 Å². The first-order valence-corrected chi connectivity index (χ1v) is 9.68. The Morgan fingerprint density at radius 1 is 0.550 bits per heavy atom. The van der Waals surface area contributed by atoms with Crippen LogP contribution in [0.4, 0.5) is 0 Å².